The highest BCUT2D eigenvalue weighted by Crippen LogP contribution is 2.20. The second-order valence-electron chi connectivity index (χ2n) is 3.61. The number of aromatic nitrogens is 4. The van der Waals surface area contributed by atoms with Crippen LogP contribution in [0.4, 0.5) is 0 Å². The number of thioether (sulfide) groups is 1. The first-order chi connectivity index (χ1) is 9.20. The van der Waals surface area contributed by atoms with E-state index in [4.69, 9.17) is 9.84 Å². The molecule has 8 heteroatoms. The summed E-state index contributed by atoms with van der Waals surface area (Å²) < 4.78 is 6.80. The quantitative estimate of drug-likeness (QED) is 0.786. The van der Waals surface area contributed by atoms with Crippen LogP contribution >= 0.6 is 11.8 Å². The minimum absolute atomic E-state index is 0.0771. The summed E-state index contributed by atoms with van der Waals surface area (Å²) >= 11 is 1.08. The standard InChI is InChI=1S/C11H12N4O3S/c1-18-9-5-3-2-4-8(9)6-15-11(12-13-14-15)19-7-10(16)17/h2-5H,6-7H2,1H3,(H,16,17). The zero-order valence-electron chi connectivity index (χ0n) is 10.2. The summed E-state index contributed by atoms with van der Waals surface area (Å²) in [7, 11) is 1.60. The molecule has 2 aromatic rings. The first-order valence-electron chi connectivity index (χ1n) is 5.43. The second-order valence-corrected chi connectivity index (χ2v) is 4.56. The molecule has 1 aromatic carbocycles. The number of carboxylic acids is 1. The van der Waals surface area contributed by atoms with E-state index in [1.807, 2.05) is 24.3 Å². The Hall–Kier alpha value is -2.09. The number of methoxy groups -OCH3 is 1. The molecular formula is C11H12N4O3S. The fraction of sp³-hybridized carbons (Fsp3) is 0.273. The Morgan fingerprint density at radius 3 is 3.00 bits per heavy atom. The number of tetrazole rings is 1. The van der Waals surface area contributed by atoms with Gasteiger partial charge in [-0.15, -0.1) is 5.10 Å². The molecule has 0 saturated heterocycles. The molecule has 19 heavy (non-hydrogen) atoms. The van der Waals surface area contributed by atoms with Crippen molar-refractivity contribution in [3.8, 4) is 5.75 Å². The first kappa shape index (κ1) is 13.3. The molecule has 0 aliphatic rings. The number of carboxylic acid groups (broad SMARTS) is 1. The number of carbonyl (C=O) groups is 1. The number of ether oxygens (including phenoxy) is 1. The van der Waals surface area contributed by atoms with Crippen LogP contribution in [0.3, 0.4) is 0 Å². The fourth-order valence-electron chi connectivity index (χ4n) is 1.52. The minimum Gasteiger partial charge on any atom is -0.496 e. The van der Waals surface area contributed by atoms with Crippen LogP contribution in [0, 0.1) is 0 Å². The molecule has 0 bridgehead atoms. The highest BCUT2D eigenvalue weighted by Gasteiger charge is 2.11. The molecule has 1 N–H and O–H groups in total. The van der Waals surface area contributed by atoms with E-state index in [0.29, 0.717) is 11.7 Å². The van der Waals surface area contributed by atoms with Crippen LogP contribution < -0.4 is 4.74 Å². The summed E-state index contributed by atoms with van der Waals surface area (Å²) in [6.45, 7) is 0.430. The number of hydrogen-bond donors (Lipinski definition) is 1. The Kier molecular flexibility index (Phi) is 4.35. The lowest BCUT2D eigenvalue weighted by Crippen LogP contribution is -2.07. The lowest BCUT2D eigenvalue weighted by molar-refractivity contribution is -0.133. The van der Waals surface area contributed by atoms with E-state index in [2.05, 4.69) is 15.5 Å². The highest BCUT2D eigenvalue weighted by atomic mass is 32.2. The van der Waals surface area contributed by atoms with Crippen LogP contribution in [0.5, 0.6) is 5.75 Å². The second kappa shape index (κ2) is 6.19. The third kappa shape index (κ3) is 3.44. The van der Waals surface area contributed by atoms with Crippen molar-refractivity contribution in [1.29, 1.82) is 0 Å². The summed E-state index contributed by atoms with van der Waals surface area (Å²) in [5.41, 5.74) is 0.925. The zero-order valence-corrected chi connectivity index (χ0v) is 11.0. The number of rotatable bonds is 6. The maximum atomic E-state index is 10.5. The van der Waals surface area contributed by atoms with Crippen LogP contribution in [-0.4, -0.2) is 44.1 Å². The molecule has 0 aliphatic carbocycles. The first-order valence-corrected chi connectivity index (χ1v) is 6.42. The molecule has 100 valence electrons. The van der Waals surface area contributed by atoms with Crippen LogP contribution in [0.25, 0.3) is 0 Å². The molecule has 0 radical (unpaired) electrons. The fourth-order valence-corrected chi connectivity index (χ4v) is 2.12. The molecule has 0 unspecified atom stereocenters. The molecule has 1 heterocycles. The molecule has 0 fully saturated rings. The van der Waals surface area contributed by atoms with E-state index in [-0.39, 0.29) is 5.75 Å². The monoisotopic (exact) mass is 280 g/mol. The van der Waals surface area contributed by atoms with Crippen LogP contribution in [0.1, 0.15) is 5.56 Å². The van der Waals surface area contributed by atoms with Gasteiger partial charge in [0.15, 0.2) is 0 Å². The predicted molar refractivity (Wildman–Crippen MR) is 68.3 cm³/mol. The Bertz CT molecular complexity index is 573. The smallest absolute Gasteiger partial charge is 0.313 e. The molecule has 0 atom stereocenters. The maximum absolute atomic E-state index is 10.5. The summed E-state index contributed by atoms with van der Waals surface area (Å²) in [6, 6.07) is 7.53. The largest absolute Gasteiger partial charge is 0.496 e. The van der Waals surface area contributed by atoms with Gasteiger partial charge in [0.2, 0.25) is 5.16 Å². The van der Waals surface area contributed by atoms with Gasteiger partial charge in [0.25, 0.3) is 0 Å². The van der Waals surface area contributed by atoms with Crippen molar-refractivity contribution in [3.63, 3.8) is 0 Å². The number of hydrogen-bond acceptors (Lipinski definition) is 6. The molecule has 1 aromatic heterocycles. The predicted octanol–water partition coefficient (Wildman–Crippen LogP) is 0.907. The van der Waals surface area contributed by atoms with E-state index in [1.165, 1.54) is 0 Å². The van der Waals surface area contributed by atoms with Crippen molar-refractivity contribution in [2.45, 2.75) is 11.7 Å². The molecule has 0 saturated carbocycles. The van der Waals surface area contributed by atoms with Gasteiger partial charge in [-0.2, -0.15) is 0 Å². The topological polar surface area (TPSA) is 90.1 Å². The zero-order chi connectivity index (χ0) is 13.7. The van der Waals surface area contributed by atoms with Gasteiger partial charge in [0.1, 0.15) is 5.75 Å². The van der Waals surface area contributed by atoms with Gasteiger partial charge in [-0.3, -0.25) is 4.79 Å². The average molecular weight is 280 g/mol. The number of nitrogens with zero attached hydrogens (tertiary/aromatic N) is 4. The van der Waals surface area contributed by atoms with Crippen molar-refractivity contribution in [2.75, 3.05) is 12.9 Å². The van der Waals surface area contributed by atoms with Crippen molar-refractivity contribution in [1.82, 2.24) is 20.2 Å². The van der Waals surface area contributed by atoms with Crippen molar-refractivity contribution >= 4 is 17.7 Å². The van der Waals surface area contributed by atoms with E-state index < -0.39 is 5.97 Å². The van der Waals surface area contributed by atoms with Crippen molar-refractivity contribution in [3.05, 3.63) is 29.8 Å². The minimum atomic E-state index is -0.906. The van der Waals surface area contributed by atoms with Gasteiger partial charge in [0.05, 0.1) is 19.4 Å². The van der Waals surface area contributed by atoms with Crippen LogP contribution in [0.2, 0.25) is 0 Å². The van der Waals surface area contributed by atoms with Gasteiger partial charge >= 0.3 is 5.97 Å². The summed E-state index contributed by atoms with van der Waals surface area (Å²) in [6.07, 6.45) is 0. The summed E-state index contributed by atoms with van der Waals surface area (Å²) in [4.78, 5) is 10.5. The van der Waals surface area contributed by atoms with Gasteiger partial charge in [0, 0.05) is 5.56 Å². The van der Waals surface area contributed by atoms with Crippen molar-refractivity contribution < 1.29 is 14.6 Å². The molecular weight excluding hydrogens is 268 g/mol. The van der Waals surface area contributed by atoms with E-state index in [0.717, 1.165) is 23.1 Å². The highest BCUT2D eigenvalue weighted by molar-refractivity contribution is 7.99. The summed E-state index contributed by atoms with van der Waals surface area (Å²) in [5.74, 6) is -0.240. The number of benzene rings is 1. The Balaban J connectivity index is 2.15. The maximum Gasteiger partial charge on any atom is 0.313 e. The van der Waals surface area contributed by atoms with Gasteiger partial charge in [-0.1, -0.05) is 30.0 Å². The van der Waals surface area contributed by atoms with Crippen molar-refractivity contribution in [2.24, 2.45) is 0 Å². The van der Waals surface area contributed by atoms with Gasteiger partial charge < -0.3 is 9.84 Å². The lowest BCUT2D eigenvalue weighted by atomic mass is 10.2. The Morgan fingerprint density at radius 1 is 1.47 bits per heavy atom. The van der Waals surface area contributed by atoms with E-state index >= 15 is 0 Å². The Morgan fingerprint density at radius 2 is 2.26 bits per heavy atom. The average Bonchev–Trinajstić information content (AvgIpc) is 2.84. The third-order valence-corrected chi connectivity index (χ3v) is 3.28. The third-order valence-electron chi connectivity index (χ3n) is 2.34. The lowest BCUT2D eigenvalue weighted by Gasteiger charge is -2.08. The number of para-hydroxylation sites is 1. The SMILES string of the molecule is COc1ccccc1Cn1nnnc1SCC(=O)O. The summed E-state index contributed by atoms with van der Waals surface area (Å²) in [5, 5.41) is 20.3. The molecule has 0 amide bonds. The van der Waals surface area contributed by atoms with Gasteiger partial charge in [-0.25, -0.2) is 4.68 Å². The molecule has 0 spiro atoms. The Labute approximate surface area is 113 Å². The van der Waals surface area contributed by atoms with E-state index in [1.54, 1.807) is 11.8 Å². The molecule has 7 nitrogen and oxygen atoms in total. The number of aliphatic carboxylic acids is 1. The van der Waals surface area contributed by atoms with E-state index in [9.17, 15) is 4.79 Å². The molecule has 2 rings (SSSR count). The molecule has 0 aliphatic heterocycles. The van der Waals surface area contributed by atoms with Gasteiger partial charge in [-0.05, 0) is 16.5 Å². The van der Waals surface area contributed by atoms with Crippen LogP contribution in [0.15, 0.2) is 29.4 Å². The normalized spacial score (nSPS) is 10.4. The van der Waals surface area contributed by atoms with Crippen LogP contribution in [-0.2, 0) is 11.3 Å².